The summed E-state index contributed by atoms with van der Waals surface area (Å²) in [6.45, 7) is 7.65. The highest BCUT2D eigenvalue weighted by Gasteiger charge is 2.35. The Hall–Kier alpha value is -1.85. The molecule has 1 aliphatic heterocycles. The molecule has 21 heavy (non-hydrogen) atoms. The molecule has 1 fully saturated rings. The zero-order chi connectivity index (χ0) is 14.9. The molecule has 112 valence electrons. The number of benzene rings is 1. The van der Waals surface area contributed by atoms with Crippen molar-refractivity contribution in [2.75, 3.05) is 31.5 Å². The lowest BCUT2D eigenvalue weighted by atomic mass is 10.00. The van der Waals surface area contributed by atoms with E-state index in [0.717, 1.165) is 42.8 Å². The van der Waals surface area contributed by atoms with Crippen LogP contribution in [-0.2, 0) is 4.79 Å². The van der Waals surface area contributed by atoms with Crippen LogP contribution < -0.4 is 10.6 Å². The molecule has 0 saturated carbocycles. The molecule has 1 saturated heterocycles. The quantitative estimate of drug-likeness (QED) is 0.806. The molecule has 2 aromatic rings. The van der Waals surface area contributed by atoms with Crippen molar-refractivity contribution >= 4 is 22.5 Å². The lowest BCUT2D eigenvalue weighted by Crippen LogP contribution is -2.58. The Morgan fingerprint density at radius 1 is 1.24 bits per heavy atom. The number of anilines is 1. The molecule has 1 aromatic carbocycles. The van der Waals surface area contributed by atoms with Crippen LogP contribution in [0.3, 0.4) is 0 Å². The number of hydrogen-bond acceptors (Lipinski definition) is 3. The van der Waals surface area contributed by atoms with Crippen molar-refractivity contribution in [1.29, 1.82) is 0 Å². The van der Waals surface area contributed by atoms with Crippen LogP contribution in [0.15, 0.2) is 30.5 Å². The number of carbonyl (C=O) groups is 1. The Labute approximate surface area is 124 Å². The number of piperazine rings is 1. The van der Waals surface area contributed by atoms with Crippen LogP contribution in [0.1, 0.15) is 13.8 Å². The number of nitrogens with one attached hydrogen (secondary N) is 3. The highest BCUT2D eigenvalue weighted by molar-refractivity contribution is 5.99. The molecule has 1 amide bonds. The minimum atomic E-state index is -0.505. The number of H-pyrrole nitrogens is 1. The Morgan fingerprint density at radius 3 is 2.76 bits per heavy atom. The Bertz CT molecular complexity index is 641. The summed E-state index contributed by atoms with van der Waals surface area (Å²) in [5.41, 5.74) is 1.42. The molecule has 5 nitrogen and oxygen atoms in total. The first kappa shape index (κ1) is 14.1. The largest absolute Gasteiger partial charge is 0.361 e. The molecule has 1 aromatic heterocycles. The Kier molecular flexibility index (Phi) is 3.69. The number of hydrogen-bond donors (Lipinski definition) is 3. The van der Waals surface area contributed by atoms with E-state index < -0.39 is 5.54 Å². The van der Waals surface area contributed by atoms with Gasteiger partial charge < -0.3 is 15.6 Å². The summed E-state index contributed by atoms with van der Waals surface area (Å²) in [6, 6.07) is 7.93. The van der Waals surface area contributed by atoms with Gasteiger partial charge in [0.2, 0.25) is 5.91 Å². The minimum absolute atomic E-state index is 0.0410. The van der Waals surface area contributed by atoms with Gasteiger partial charge in [0, 0.05) is 49.0 Å². The first-order valence-corrected chi connectivity index (χ1v) is 7.42. The fourth-order valence-corrected chi connectivity index (χ4v) is 2.78. The van der Waals surface area contributed by atoms with E-state index >= 15 is 0 Å². The third-order valence-corrected chi connectivity index (χ3v) is 4.27. The zero-order valence-electron chi connectivity index (χ0n) is 12.6. The lowest BCUT2D eigenvalue weighted by molar-refractivity contribution is -0.126. The van der Waals surface area contributed by atoms with Gasteiger partial charge in [0.05, 0.1) is 5.54 Å². The van der Waals surface area contributed by atoms with Crippen LogP contribution in [-0.4, -0.2) is 47.5 Å². The average Bonchev–Trinajstić information content (AvgIpc) is 2.95. The monoisotopic (exact) mass is 286 g/mol. The molecule has 0 spiro atoms. The number of carbonyl (C=O) groups excluding carboxylic acids is 1. The Balaban J connectivity index is 1.74. The van der Waals surface area contributed by atoms with Crippen molar-refractivity contribution in [1.82, 2.24) is 15.2 Å². The standard InChI is InChI=1S/C16H22N4O/c1-16(2,20-9-7-17-8-10-20)15(21)19-13-3-4-14-12(11-13)5-6-18-14/h3-6,11,17-18H,7-10H2,1-2H3,(H,19,21). The van der Waals surface area contributed by atoms with Crippen LogP contribution in [0.5, 0.6) is 0 Å². The third kappa shape index (κ3) is 2.80. The average molecular weight is 286 g/mol. The van der Waals surface area contributed by atoms with E-state index in [2.05, 4.69) is 20.5 Å². The summed E-state index contributed by atoms with van der Waals surface area (Å²) in [6.07, 6.45) is 1.90. The number of amides is 1. The minimum Gasteiger partial charge on any atom is -0.361 e. The number of rotatable bonds is 3. The summed E-state index contributed by atoms with van der Waals surface area (Å²) < 4.78 is 0. The van der Waals surface area contributed by atoms with Gasteiger partial charge in [-0.15, -0.1) is 0 Å². The molecule has 0 unspecified atom stereocenters. The van der Waals surface area contributed by atoms with E-state index in [1.54, 1.807) is 0 Å². The van der Waals surface area contributed by atoms with Crippen molar-refractivity contribution < 1.29 is 4.79 Å². The summed E-state index contributed by atoms with van der Waals surface area (Å²) in [4.78, 5) is 18.0. The lowest BCUT2D eigenvalue weighted by Gasteiger charge is -2.39. The van der Waals surface area contributed by atoms with E-state index in [4.69, 9.17) is 0 Å². The molecule has 2 heterocycles. The van der Waals surface area contributed by atoms with Crippen LogP contribution in [0, 0.1) is 0 Å². The van der Waals surface area contributed by atoms with Gasteiger partial charge in [-0.25, -0.2) is 0 Å². The van der Waals surface area contributed by atoms with Gasteiger partial charge in [0.15, 0.2) is 0 Å². The van der Waals surface area contributed by atoms with Crippen LogP contribution >= 0.6 is 0 Å². The molecule has 0 aliphatic carbocycles. The molecule has 5 heteroatoms. The SMILES string of the molecule is CC(C)(C(=O)Nc1ccc2[nH]ccc2c1)N1CCNCC1. The van der Waals surface area contributed by atoms with Crippen LogP contribution in [0.2, 0.25) is 0 Å². The van der Waals surface area contributed by atoms with E-state index in [0.29, 0.717) is 0 Å². The summed E-state index contributed by atoms with van der Waals surface area (Å²) in [7, 11) is 0. The van der Waals surface area contributed by atoms with Crippen molar-refractivity contribution in [2.45, 2.75) is 19.4 Å². The van der Waals surface area contributed by atoms with Gasteiger partial charge in [-0.2, -0.15) is 0 Å². The predicted molar refractivity (Wildman–Crippen MR) is 85.5 cm³/mol. The maximum Gasteiger partial charge on any atom is 0.244 e. The second kappa shape index (κ2) is 5.50. The van der Waals surface area contributed by atoms with E-state index in [-0.39, 0.29) is 5.91 Å². The second-order valence-electron chi connectivity index (χ2n) is 6.03. The summed E-state index contributed by atoms with van der Waals surface area (Å²) in [5, 5.41) is 7.47. The number of fused-ring (bicyclic) bond motifs is 1. The molecular weight excluding hydrogens is 264 g/mol. The molecule has 0 bridgehead atoms. The van der Waals surface area contributed by atoms with Gasteiger partial charge in [-0.05, 0) is 38.1 Å². The van der Waals surface area contributed by atoms with Crippen LogP contribution in [0.25, 0.3) is 10.9 Å². The third-order valence-electron chi connectivity index (χ3n) is 4.27. The molecule has 3 rings (SSSR count). The van der Waals surface area contributed by atoms with Gasteiger partial charge >= 0.3 is 0 Å². The number of nitrogens with zero attached hydrogens (tertiary/aromatic N) is 1. The molecule has 3 N–H and O–H groups in total. The van der Waals surface area contributed by atoms with Crippen molar-refractivity contribution in [2.24, 2.45) is 0 Å². The fraction of sp³-hybridized carbons (Fsp3) is 0.438. The molecule has 0 radical (unpaired) electrons. The van der Waals surface area contributed by atoms with Crippen molar-refractivity contribution in [3.8, 4) is 0 Å². The summed E-state index contributed by atoms with van der Waals surface area (Å²) in [5.74, 6) is 0.0410. The normalized spacial score (nSPS) is 17.0. The number of aromatic amines is 1. The van der Waals surface area contributed by atoms with Crippen molar-refractivity contribution in [3.63, 3.8) is 0 Å². The maximum absolute atomic E-state index is 12.6. The molecule has 1 aliphatic rings. The first-order valence-electron chi connectivity index (χ1n) is 7.42. The van der Waals surface area contributed by atoms with Gasteiger partial charge in [-0.1, -0.05) is 0 Å². The second-order valence-corrected chi connectivity index (χ2v) is 6.03. The molecular formula is C16H22N4O. The highest BCUT2D eigenvalue weighted by Crippen LogP contribution is 2.21. The highest BCUT2D eigenvalue weighted by atomic mass is 16.2. The zero-order valence-corrected chi connectivity index (χ0v) is 12.6. The van der Waals surface area contributed by atoms with E-state index in [9.17, 15) is 4.79 Å². The summed E-state index contributed by atoms with van der Waals surface area (Å²) >= 11 is 0. The predicted octanol–water partition coefficient (Wildman–Crippen LogP) is 1.79. The van der Waals surface area contributed by atoms with E-state index in [1.165, 1.54) is 0 Å². The molecule has 0 atom stereocenters. The fourth-order valence-electron chi connectivity index (χ4n) is 2.78. The van der Waals surface area contributed by atoms with Gasteiger partial charge in [0.1, 0.15) is 0 Å². The smallest absolute Gasteiger partial charge is 0.244 e. The van der Waals surface area contributed by atoms with Gasteiger partial charge in [0.25, 0.3) is 0 Å². The van der Waals surface area contributed by atoms with E-state index in [1.807, 2.05) is 44.3 Å². The maximum atomic E-state index is 12.6. The number of aromatic nitrogens is 1. The topological polar surface area (TPSA) is 60.2 Å². The van der Waals surface area contributed by atoms with Crippen LogP contribution in [0.4, 0.5) is 5.69 Å². The van der Waals surface area contributed by atoms with Gasteiger partial charge in [-0.3, -0.25) is 9.69 Å². The van der Waals surface area contributed by atoms with Crippen molar-refractivity contribution in [3.05, 3.63) is 30.5 Å². The Morgan fingerprint density at radius 2 is 2.00 bits per heavy atom. The first-order chi connectivity index (χ1) is 10.1.